The van der Waals surface area contributed by atoms with E-state index in [4.69, 9.17) is 4.99 Å². The lowest BCUT2D eigenvalue weighted by molar-refractivity contribution is 0.232. The van der Waals surface area contributed by atoms with E-state index in [1.807, 2.05) is 30.8 Å². The Morgan fingerprint density at radius 3 is 2.61 bits per heavy atom. The standard InChI is InChI=1S/C21H33N7/c1-4-22-21(23-10-13-27-11-6-5-7-12-27)25-16-19-8-9-20(24-15-19)28-18(3)14-17(2)26-28/h8-9,14-15H,4-7,10-13,16H2,1-3H3,(H2,22,23,25). The Morgan fingerprint density at radius 1 is 1.14 bits per heavy atom. The highest BCUT2D eigenvalue weighted by atomic mass is 15.3. The number of piperidine rings is 1. The van der Waals surface area contributed by atoms with Gasteiger partial charge in [0.15, 0.2) is 11.8 Å². The average Bonchev–Trinajstić information content (AvgIpc) is 3.05. The van der Waals surface area contributed by atoms with Crippen LogP contribution in [0, 0.1) is 13.8 Å². The number of guanidine groups is 1. The normalized spacial score (nSPS) is 15.6. The molecule has 1 saturated heterocycles. The molecule has 0 radical (unpaired) electrons. The molecule has 0 amide bonds. The van der Waals surface area contributed by atoms with E-state index in [2.05, 4.69) is 44.7 Å². The van der Waals surface area contributed by atoms with E-state index in [-0.39, 0.29) is 0 Å². The monoisotopic (exact) mass is 383 g/mol. The summed E-state index contributed by atoms with van der Waals surface area (Å²) in [5, 5.41) is 11.3. The molecule has 3 heterocycles. The number of aryl methyl sites for hydroxylation is 2. The van der Waals surface area contributed by atoms with Crippen LogP contribution in [0.5, 0.6) is 0 Å². The molecular formula is C21H33N7. The molecule has 1 fully saturated rings. The molecule has 152 valence electrons. The maximum Gasteiger partial charge on any atom is 0.191 e. The van der Waals surface area contributed by atoms with E-state index < -0.39 is 0 Å². The second-order valence-corrected chi connectivity index (χ2v) is 7.39. The van der Waals surface area contributed by atoms with E-state index in [9.17, 15) is 0 Å². The number of nitrogens with one attached hydrogen (secondary N) is 2. The van der Waals surface area contributed by atoms with E-state index in [1.54, 1.807) is 0 Å². The fraction of sp³-hybridized carbons (Fsp3) is 0.571. The molecule has 1 aliphatic heterocycles. The van der Waals surface area contributed by atoms with E-state index >= 15 is 0 Å². The van der Waals surface area contributed by atoms with Gasteiger partial charge in [-0.05, 0) is 64.4 Å². The number of rotatable bonds is 7. The first kappa shape index (κ1) is 20.3. The van der Waals surface area contributed by atoms with Gasteiger partial charge in [0.2, 0.25) is 0 Å². The zero-order valence-electron chi connectivity index (χ0n) is 17.4. The van der Waals surface area contributed by atoms with Gasteiger partial charge in [-0.15, -0.1) is 0 Å². The molecule has 2 aromatic rings. The largest absolute Gasteiger partial charge is 0.357 e. The zero-order chi connectivity index (χ0) is 19.8. The predicted octanol–water partition coefficient (Wildman–Crippen LogP) is 2.43. The first-order chi connectivity index (χ1) is 13.7. The first-order valence-electron chi connectivity index (χ1n) is 10.4. The van der Waals surface area contributed by atoms with Gasteiger partial charge in [0.05, 0.1) is 12.2 Å². The summed E-state index contributed by atoms with van der Waals surface area (Å²) in [6, 6.07) is 6.12. The summed E-state index contributed by atoms with van der Waals surface area (Å²) in [6.07, 6.45) is 5.91. The molecule has 0 spiro atoms. The summed E-state index contributed by atoms with van der Waals surface area (Å²) < 4.78 is 1.87. The van der Waals surface area contributed by atoms with Crippen LogP contribution in [0.1, 0.15) is 43.1 Å². The van der Waals surface area contributed by atoms with Crippen LogP contribution in [-0.4, -0.2) is 58.3 Å². The number of nitrogens with zero attached hydrogens (tertiary/aromatic N) is 5. The molecule has 28 heavy (non-hydrogen) atoms. The van der Waals surface area contributed by atoms with Crippen LogP contribution in [0.25, 0.3) is 5.82 Å². The van der Waals surface area contributed by atoms with Crippen LogP contribution in [0.2, 0.25) is 0 Å². The highest BCUT2D eigenvalue weighted by Crippen LogP contribution is 2.11. The molecular weight excluding hydrogens is 350 g/mol. The zero-order valence-corrected chi connectivity index (χ0v) is 17.4. The summed E-state index contributed by atoms with van der Waals surface area (Å²) in [6.45, 7) is 12.0. The van der Waals surface area contributed by atoms with Gasteiger partial charge in [-0.1, -0.05) is 12.5 Å². The lowest BCUT2D eigenvalue weighted by atomic mass is 10.1. The number of aromatic nitrogens is 3. The summed E-state index contributed by atoms with van der Waals surface area (Å²) in [5.74, 6) is 1.70. The summed E-state index contributed by atoms with van der Waals surface area (Å²) in [4.78, 5) is 11.8. The Labute approximate surface area is 168 Å². The molecule has 2 N–H and O–H groups in total. The van der Waals surface area contributed by atoms with Gasteiger partial charge < -0.3 is 15.5 Å². The van der Waals surface area contributed by atoms with Gasteiger partial charge in [-0.25, -0.2) is 14.7 Å². The Morgan fingerprint density at radius 2 is 1.96 bits per heavy atom. The van der Waals surface area contributed by atoms with Gasteiger partial charge in [0.1, 0.15) is 0 Å². The lowest BCUT2D eigenvalue weighted by Gasteiger charge is -2.26. The van der Waals surface area contributed by atoms with Crippen LogP contribution in [-0.2, 0) is 6.54 Å². The van der Waals surface area contributed by atoms with Crippen molar-refractivity contribution in [3.8, 4) is 5.82 Å². The first-order valence-corrected chi connectivity index (χ1v) is 10.4. The molecule has 0 aromatic carbocycles. The van der Waals surface area contributed by atoms with Crippen LogP contribution in [0.4, 0.5) is 0 Å². The van der Waals surface area contributed by atoms with Crippen molar-refractivity contribution in [2.24, 2.45) is 4.99 Å². The van der Waals surface area contributed by atoms with E-state index in [0.29, 0.717) is 6.54 Å². The van der Waals surface area contributed by atoms with Crippen molar-refractivity contribution in [2.75, 3.05) is 32.7 Å². The number of hydrogen-bond donors (Lipinski definition) is 2. The molecule has 2 aromatic heterocycles. The molecule has 7 nitrogen and oxygen atoms in total. The minimum absolute atomic E-state index is 0.601. The fourth-order valence-electron chi connectivity index (χ4n) is 3.52. The Kier molecular flexibility index (Phi) is 7.42. The highest BCUT2D eigenvalue weighted by Gasteiger charge is 2.09. The van der Waals surface area contributed by atoms with Crippen molar-refractivity contribution in [3.05, 3.63) is 41.3 Å². The number of aliphatic imine (C=N–C) groups is 1. The molecule has 0 bridgehead atoms. The SMILES string of the molecule is CCNC(=NCc1ccc(-n2nc(C)cc2C)nc1)NCCN1CCCCC1. The van der Waals surface area contributed by atoms with Crippen LogP contribution in [0.3, 0.4) is 0 Å². The third-order valence-corrected chi connectivity index (χ3v) is 4.97. The minimum atomic E-state index is 0.601. The maximum atomic E-state index is 4.70. The molecule has 0 atom stereocenters. The van der Waals surface area contributed by atoms with Crippen molar-refractivity contribution in [2.45, 2.75) is 46.6 Å². The minimum Gasteiger partial charge on any atom is -0.357 e. The van der Waals surface area contributed by atoms with Crippen molar-refractivity contribution < 1.29 is 0 Å². The van der Waals surface area contributed by atoms with Crippen LogP contribution >= 0.6 is 0 Å². The summed E-state index contributed by atoms with van der Waals surface area (Å²) in [7, 11) is 0. The molecule has 1 aliphatic rings. The molecule has 7 heteroatoms. The topological polar surface area (TPSA) is 70.4 Å². The van der Waals surface area contributed by atoms with Gasteiger partial charge in [-0.3, -0.25) is 0 Å². The number of hydrogen-bond acceptors (Lipinski definition) is 4. The van der Waals surface area contributed by atoms with Crippen LogP contribution < -0.4 is 10.6 Å². The van der Waals surface area contributed by atoms with Crippen molar-refractivity contribution >= 4 is 5.96 Å². The van der Waals surface area contributed by atoms with E-state index in [1.165, 1.54) is 32.4 Å². The summed E-state index contributed by atoms with van der Waals surface area (Å²) >= 11 is 0. The van der Waals surface area contributed by atoms with Crippen LogP contribution in [0.15, 0.2) is 29.4 Å². The Hall–Kier alpha value is -2.41. The smallest absolute Gasteiger partial charge is 0.191 e. The molecule has 3 rings (SSSR count). The van der Waals surface area contributed by atoms with Crippen molar-refractivity contribution in [3.63, 3.8) is 0 Å². The Bertz CT molecular complexity index is 758. The maximum absolute atomic E-state index is 4.70. The fourth-order valence-corrected chi connectivity index (χ4v) is 3.52. The van der Waals surface area contributed by atoms with E-state index in [0.717, 1.165) is 48.4 Å². The Balaban J connectivity index is 1.53. The second kappa shape index (κ2) is 10.2. The third kappa shape index (κ3) is 5.79. The van der Waals surface area contributed by atoms with Gasteiger partial charge in [0.25, 0.3) is 0 Å². The predicted molar refractivity (Wildman–Crippen MR) is 114 cm³/mol. The molecule has 0 aliphatic carbocycles. The second-order valence-electron chi connectivity index (χ2n) is 7.39. The quantitative estimate of drug-likeness (QED) is 0.568. The van der Waals surface area contributed by atoms with Gasteiger partial charge in [0, 0.05) is 31.5 Å². The van der Waals surface area contributed by atoms with Crippen molar-refractivity contribution in [1.82, 2.24) is 30.3 Å². The van der Waals surface area contributed by atoms with Gasteiger partial charge >= 0.3 is 0 Å². The number of likely N-dealkylation sites (tertiary alicyclic amines) is 1. The third-order valence-electron chi connectivity index (χ3n) is 4.97. The molecule has 0 unspecified atom stereocenters. The highest BCUT2D eigenvalue weighted by molar-refractivity contribution is 5.79. The van der Waals surface area contributed by atoms with Gasteiger partial charge in [-0.2, -0.15) is 5.10 Å². The lowest BCUT2D eigenvalue weighted by Crippen LogP contribution is -2.42. The average molecular weight is 384 g/mol. The molecule has 0 saturated carbocycles. The summed E-state index contributed by atoms with van der Waals surface area (Å²) in [5.41, 5.74) is 3.17. The number of pyridine rings is 1. The van der Waals surface area contributed by atoms with Crippen molar-refractivity contribution in [1.29, 1.82) is 0 Å².